The van der Waals surface area contributed by atoms with Crippen molar-refractivity contribution in [1.82, 2.24) is 10.6 Å². The molecule has 3 heteroatoms. The van der Waals surface area contributed by atoms with Crippen LogP contribution in [0.25, 0.3) is 0 Å². The predicted molar refractivity (Wildman–Crippen MR) is 80.0 cm³/mol. The molecule has 3 rings (SSSR count). The van der Waals surface area contributed by atoms with Gasteiger partial charge in [-0.15, -0.1) is 0 Å². The standard InChI is InChI=1S/C17H25FN2/c18-14-6-3-5-13(11-14)12-20-17-8-2-1-7-15(17)16-9-4-10-19-16/h3,5-6,11,15-17,19-20H,1-2,4,7-10,12H2. The second-order valence-electron chi connectivity index (χ2n) is 6.27. The Balaban J connectivity index is 1.59. The minimum atomic E-state index is -0.137. The maximum Gasteiger partial charge on any atom is 0.123 e. The molecular weight excluding hydrogens is 251 g/mol. The first kappa shape index (κ1) is 14.0. The zero-order valence-corrected chi connectivity index (χ0v) is 12.1. The molecule has 0 spiro atoms. The number of benzene rings is 1. The summed E-state index contributed by atoms with van der Waals surface area (Å²) < 4.78 is 13.2. The Hall–Kier alpha value is -0.930. The molecule has 0 aromatic heterocycles. The Kier molecular flexibility index (Phi) is 4.69. The molecule has 1 aliphatic carbocycles. The second kappa shape index (κ2) is 6.68. The van der Waals surface area contributed by atoms with Crippen LogP contribution in [0.15, 0.2) is 24.3 Å². The molecule has 1 aromatic carbocycles. The van der Waals surface area contributed by atoms with Crippen molar-refractivity contribution in [2.75, 3.05) is 6.54 Å². The van der Waals surface area contributed by atoms with E-state index in [0.717, 1.165) is 18.0 Å². The topological polar surface area (TPSA) is 24.1 Å². The van der Waals surface area contributed by atoms with Crippen LogP contribution in [0.4, 0.5) is 4.39 Å². The lowest BCUT2D eigenvalue weighted by Crippen LogP contribution is -2.46. The zero-order chi connectivity index (χ0) is 13.8. The third kappa shape index (κ3) is 3.39. The summed E-state index contributed by atoms with van der Waals surface area (Å²) in [7, 11) is 0. The molecule has 1 aromatic rings. The Morgan fingerprint density at radius 1 is 1.15 bits per heavy atom. The minimum Gasteiger partial charge on any atom is -0.314 e. The largest absolute Gasteiger partial charge is 0.314 e. The lowest BCUT2D eigenvalue weighted by atomic mass is 9.79. The van der Waals surface area contributed by atoms with Crippen LogP contribution in [0, 0.1) is 11.7 Å². The SMILES string of the molecule is Fc1cccc(CNC2CCCCC2C2CCCN2)c1. The molecular formula is C17H25FN2. The molecule has 1 aliphatic heterocycles. The summed E-state index contributed by atoms with van der Waals surface area (Å²) in [5.74, 6) is 0.613. The molecule has 3 atom stereocenters. The summed E-state index contributed by atoms with van der Waals surface area (Å²) in [6.45, 7) is 1.96. The van der Waals surface area contributed by atoms with Crippen LogP contribution in [0.1, 0.15) is 44.1 Å². The van der Waals surface area contributed by atoms with Gasteiger partial charge in [-0.25, -0.2) is 4.39 Å². The van der Waals surface area contributed by atoms with E-state index < -0.39 is 0 Å². The second-order valence-corrected chi connectivity index (χ2v) is 6.27. The van der Waals surface area contributed by atoms with E-state index in [9.17, 15) is 4.39 Å². The summed E-state index contributed by atoms with van der Waals surface area (Å²) >= 11 is 0. The molecule has 0 amide bonds. The average Bonchev–Trinajstić information content (AvgIpc) is 3.00. The van der Waals surface area contributed by atoms with E-state index in [1.54, 1.807) is 12.1 Å². The van der Waals surface area contributed by atoms with Gasteiger partial charge in [0.1, 0.15) is 5.82 Å². The summed E-state index contributed by atoms with van der Waals surface area (Å²) in [4.78, 5) is 0. The molecule has 1 heterocycles. The van der Waals surface area contributed by atoms with Crippen LogP contribution < -0.4 is 10.6 Å². The summed E-state index contributed by atoms with van der Waals surface area (Å²) in [5, 5.41) is 7.35. The van der Waals surface area contributed by atoms with Gasteiger partial charge < -0.3 is 10.6 Å². The monoisotopic (exact) mass is 276 g/mol. The molecule has 1 saturated heterocycles. The van der Waals surface area contributed by atoms with Gasteiger partial charge in [0.15, 0.2) is 0 Å². The van der Waals surface area contributed by atoms with Gasteiger partial charge in [0, 0.05) is 18.6 Å². The molecule has 2 fully saturated rings. The smallest absolute Gasteiger partial charge is 0.123 e. The molecule has 110 valence electrons. The van der Waals surface area contributed by atoms with Crippen LogP contribution in [0.2, 0.25) is 0 Å². The lowest BCUT2D eigenvalue weighted by molar-refractivity contribution is 0.213. The number of hydrogen-bond donors (Lipinski definition) is 2. The van der Waals surface area contributed by atoms with Gasteiger partial charge in [-0.3, -0.25) is 0 Å². The molecule has 0 radical (unpaired) electrons. The first-order valence-electron chi connectivity index (χ1n) is 8.04. The normalized spacial score (nSPS) is 30.6. The van der Waals surface area contributed by atoms with E-state index in [1.165, 1.54) is 51.1 Å². The average molecular weight is 276 g/mol. The van der Waals surface area contributed by atoms with Crippen LogP contribution in [0.5, 0.6) is 0 Å². The van der Waals surface area contributed by atoms with Crippen molar-refractivity contribution in [1.29, 1.82) is 0 Å². The highest BCUT2D eigenvalue weighted by molar-refractivity contribution is 5.16. The van der Waals surface area contributed by atoms with Crippen molar-refractivity contribution in [3.8, 4) is 0 Å². The fourth-order valence-electron chi connectivity index (χ4n) is 3.87. The molecule has 1 saturated carbocycles. The van der Waals surface area contributed by atoms with E-state index in [2.05, 4.69) is 10.6 Å². The van der Waals surface area contributed by atoms with Crippen LogP contribution in [-0.4, -0.2) is 18.6 Å². The van der Waals surface area contributed by atoms with Crippen LogP contribution >= 0.6 is 0 Å². The third-order valence-electron chi connectivity index (χ3n) is 4.89. The third-order valence-corrected chi connectivity index (χ3v) is 4.89. The fourth-order valence-corrected chi connectivity index (χ4v) is 3.87. The van der Waals surface area contributed by atoms with Gasteiger partial charge in [0.25, 0.3) is 0 Å². The Labute approximate surface area is 121 Å². The number of halogens is 1. The number of hydrogen-bond acceptors (Lipinski definition) is 2. The molecule has 0 bridgehead atoms. The molecule has 2 N–H and O–H groups in total. The van der Waals surface area contributed by atoms with Gasteiger partial charge in [-0.1, -0.05) is 25.0 Å². The summed E-state index contributed by atoms with van der Waals surface area (Å²) in [5.41, 5.74) is 1.05. The molecule has 2 aliphatic rings. The Morgan fingerprint density at radius 2 is 2.05 bits per heavy atom. The van der Waals surface area contributed by atoms with Gasteiger partial charge in [0.2, 0.25) is 0 Å². The zero-order valence-electron chi connectivity index (χ0n) is 12.1. The van der Waals surface area contributed by atoms with Gasteiger partial charge in [0.05, 0.1) is 0 Å². The van der Waals surface area contributed by atoms with Crippen LogP contribution in [0.3, 0.4) is 0 Å². The Bertz CT molecular complexity index is 429. The highest BCUT2D eigenvalue weighted by Gasteiger charge is 2.32. The van der Waals surface area contributed by atoms with E-state index >= 15 is 0 Å². The van der Waals surface area contributed by atoms with Crippen molar-refractivity contribution in [3.63, 3.8) is 0 Å². The first-order valence-corrected chi connectivity index (χ1v) is 8.04. The summed E-state index contributed by atoms with van der Waals surface area (Å²) in [6, 6.07) is 8.22. The van der Waals surface area contributed by atoms with Crippen molar-refractivity contribution >= 4 is 0 Å². The Morgan fingerprint density at radius 3 is 2.85 bits per heavy atom. The predicted octanol–water partition coefficient (Wildman–Crippen LogP) is 3.23. The van der Waals surface area contributed by atoms with Gasteiger partial charge in [-0.2, -0.15) is 0 Å². The number of nitrogens with one attached hydrogen (secondary N) is 2. The minimum absolute atomic E-state index is 0.137. The van der Waals surface area contributed by atoms with Crippen molar-refractivity contribution in [3.05, 3.63) is 35.6 Å². The lowest BCUT2D eigenvalue weighted by Gasteiger charge is -2.36. The van der Waals surface area contributed by atoms with Crippen LogP contribution in [-0.2, 0) is 6.54 Å². The van der Waals surface area contributed by atoms with E-state index in [1.807, 2.05) is 6.07 Å². The first-order chi connectivity index (χ1) is 9.83. The van der Waals surface area contributed by atoms with Crippen molar-refractivity contribution in [2.45, 2.75) is 57.2 Å². The highest BCUT2D eigenvalue weighted by Crippen LogP contribution is 2.30. The molecule has 3 unspecified atom stereocenters. The summed E-state index contributed by atoms with van der Waals surface area (Å²) in [6.07, 6.45) is 7.92. The number of rotatable bonds is 4. The van der Waals surface area contributed by atoms with E-state index in [0.29, 0.717) is 12.1 Å². The molecule has 2 nitrogen and oxygen atoms in total. The van der Waals surface area contributed by atoms with E-state index in [4.69, 9.17) is 0 Å². The van der Waals surface area contributed by atoms with Crippen molar-refractivity contribution in [2.24, 2.45) is 5.92 Å². The maximum atomic E-state index is 13.2. The van der Waals surface area contributed by atoms with Gasteiger partial charge >= 0.3 is 0 Å². The van der Waals surface area contributed by atoms with Crippen molar-refractivity contribution < 1.29 is 4.39 Å². The maximum absolute atomic E-state index is 13.2. The van der Waals surface area contributed by atoms with E-state index in [-0.39, 0.29) is 5.82 Å². The molecule has 20 heavy (non-hydrogen) atoms. The van der Waals surface area contributed by atoms with Gasteiger partial charge in [-0.05, 0) is 55.8 Å². The fraction of sp³-hybridized carbons (Fsp3) is 0.647. The highest BCUT2D eigenvalue weighted by atomic mass is 19.1. The quantitative estimate of drug-likeness (QED) is 0.882.